The van der Waals surface area contributed by atoms with Crippen LogP contribution in [0.2, 0.25) is 5.02 Å². The number of carbonyl (C=O) groups excluding carboxylic acids is 1. The Kier molecular flexibility index (Phi) is 7.44. The van der Waals surface area contributed by atoms with Crippen LogP contribution in [-0.2, 0) is 11.2 Å². The lowest BCUT2D eigenvalue weighted by atomic mass is 9.99. The van der Waals surface area contributed by atoms with Gasteiger partial charge in [0.1, 0.15) is 6.04 Å². The fourth-order valence-electron chi connectivity index (χ4n) is 2.84. The third kappa shape index (κ3) is 5.56. The van der Waals surface area contributed by atoms with Gasteiger partial charge in [-0.25, -0.2) is 0 Å². The molecule has 1 amide bonds. The van der Waals surface area contributed by atoms with E-state index in [0.29, 0.717) is 18.0 Å². The van der Waals surface area contributed by atoms with Gasteiger partial charge in [0.25, 0.3) is 0 Å². The van der Waals surface area contributed by atoms with Crippen molar-refractivity contribution in [1.82, 2.24) is 10.2 Å². The first-order chi connectivity index (χ1) is 12.0. The molecule has 0 aliphatic carbocycles. The number of halogens is 1. The molecule has 0 saturated heterocycles. The second-order valence-electron chi connectivity index (χ2n) is 6.37. The summed E-state index contributed by atoms with van der Waals surface area (Å²) in [6, 6.07) is 16.9. The van der Waals surface area contributed by atoms with Gasteiger partial charge in [-0.1, -0.05) is 60.1 Å². The third-order valence-electron chi connectivity index (χ3n) is 4.17. The summed E-state index contributed by atoms with van der Waals surface area (Å²) in [7, 11) is 3.76. The molecule has 0 aliphatic rings. The normalized spacial score (nSPS) is 13.5. The van der Waals surface area contributed by atoms with Gasteiger partial charge in [0.15, 0.2) is 0 Å². The number of hydrogen-bond acceptors (Lipinski definition) is 3. The fraction of sp³-hybridized carbons (Fsp3) is 0.350. The van der Waals surface area contributed by atoms with Crippen molar-refractivity contribution in [2.75, 3.05) is 27.2 Å². The lowest BCUT2D eigenvalue weighted by molar-refractivity contribution is -0.126. The first-order valence-corrected chi connectivity index (χ1v) is 8.74. The van der Waals surface area contributed by atoms with E-state index in [2.05, 4.69) is 5.32 Å². The van der Waals surface area contributed by atoms with E-state index >= 15 is 0 Å². The smallest absolute Gasteiger partial charge is 0.241 e. The Morgan fingerprint density at radius 2 is 1.76 bits per heavy atom. The summed E-state index contributed by atoms with van der Waals surface area (Å²) in [6.07, 6.45) is 0.619. The first kappa shape index (κ1) is 19.4. The van der Waals surface area contributed by atoms with Crippen molar-refractivity contribution < 1.29 is 9.90 Å². The predicted octanol–water partition coefficient (Wildman–Crippen LogP) is 2.91. The Labute approximate surface area is 154 Å². The highest BCUT2D eigenvalue weighted by Crippen LogP contribution is 2.20. The SMILES string of the molecule is CN(C)C(C(=O)NCC(CO)Cc1ccccc1Cl)c1ccccc1. The number of hydrogen-bond donors (Lipinski definition) is 2. The van der Waals surface area contributed by atoms with E-state index in [1.807, 2.05) is 73.6 Å². The Hall–Kier alpha value is -1.88. The van der Waals surface area contributed by atoms with Crippen LogP contribution < -0.4 is 5.32 Å². The molecule has 0 heterocycles. The number of carbonyl (C=O) groups is 1. The van der Waals surface area contributed by atoms with Gasteiger partial charge in [-0.05, 0) is 37.7 Å². The predicted molar refractivity (Wildman–Crippen MR) is 102 cm³/mol. The molecular formula is C20H25ClN2O2. The number of likely N-dealkylation sites (N-methyl/N-ethyl adjacent to an activating group) is 1. The van der Waals surface area contributed by atoms with E-state index in [9.17, 15) is 9.90 Å². The van der Waals surface area contributed by atoms with Crippen molar-refractivity contribution in [3.05, 3.63) is 70.7 Å². The lowest BCUT2D eigenvalue weighted by Crippen LogP contribution is -2.40. The van der Waals surface area contributed by atoms with E-state index in [1.165, 1.54) is 0 Å². The number of nitrogens with one attached hydrogen (secondary N) is 1. The molecule has 0 fully saturated rings. The summed E-state index contributed by atoms with van der Waals surface area (Å²) in [5.74, 6) is -0.156. The van der Waals surface area contributed by atoms with E-state index in [4.69, 9.17) is 11.6 Å². The minimum Gasteiger partial charge on any atom is -0.396 e. The van der Waals surface area contributed by atoms with E-state index < -0.39 is 0 Å². The molecule has 2 aromatic carbocycles. The Balaban J connectivity index is 1.99. The van der Waals surface area contributed by atoms with Crippen LogP contribution in [0.4, 0.5) is 0 Å². The van der Waals surface area contributed by atoms with Crippen LogP contribution in [0.15, 0.2) is 54.6 Å². The van der Waals surface area contributed by atoms with Gasteiger partial charge in [0.05, 0.1) is 0 Å². The van der Waals surface area contributed by atoms with Crippen molar-refractivity contribution in [2.45, 2.75) is 12.5 Å². The third-order valence-corrected chi connectivity index (χ3v) is 4.54. The maximum Gasteiger partial charge on any atom is 0.241 e. The van der Waals surface area contributed by atoms with E-state index in [0.717, 1.165) is 11.1 Å². The van der Waals surface area contributed by atoms with Crippen LogP contribution in [0, 0.1) is 5.92 Å². The number of nitrogens with zero attached hydrogens (tertiary/aromatic N) is 1. The summed E-state index contributed by atoms with van der Waals surface area (Å²) in [5, 5.41) is 13.3. The Morgan fingerprint density at radius 3 is 2.36 bits per heavy atom. The van der Waals surface area contributed by atoms with Gasteiger partial charge in [-0.3, -0.25) is 9.69 Å². The molecule has 4 nitrogen and oxygen atoms in total. The number of rotatable bonds is 8. The molecule has 0 bridgehead atoms. The molecule has 2 aromatic rings. The minimum absolute atomic E-state index is 0.0104. The molecule has 0 aromatic heterocycles. The highest BCUT2D eigenvalue weighted by Gasteiger charge is 2.23. The van der Waals surface area contributed by atoms with Crippen molar-refractivity contribution in [2.24, 2.45) is 5.92 Å². The number of aliphatic hydroxyl groups excluding tert-OH is 1. The van der Waals surface area contributed by atoms with Gasteiger partial charge in [0.2, 0.25) is 5.91 Å². The largest absolute Gasteiger partial charge is 0.396 e. The topological polar surface area (TPSA) is 52.6 Å². The number of amides is 1. The van der Waals surface area contributed by atoms with Gasteiger partial charge in [-0.2, -0.15) is 0 Å². The van der Waals surface area contributed by atoms with Gasteiger partial charge in [0, 0.05) is 24.1 Å². The average molecular weight is 361 g/mol. The van der Waals surface area contributed by atoms with Crippen LogP contribution in [-0.4, -0.2) is 43.2 Å². The quantitative estimate of drug-likeness (QED) is 0.761. The molecule has 0 spiro atoms. The maximum absolute atomic E-state index is 12.7. The van der Waals surface area contributed by atoms with Crippen molar-refractivity contribution in [1.29, 1.82) is 0 Å². The van der Waals surface area contributed by atoms with Crippen molar-refractivity contribution in [3.8, 4) is 0 Å². The zero-order valence-electron chi connectivity index (χ0n) is 14.7. The van der Waals surface area contributed by atoms with Gasteiger partial charge in [-0.15, -0.1) is 0 Å². The fourth-order valence-corrected chi connectivity index (χ4v) is 3.05. The van der Waals surface area contributed by atoms with Crippen LogP contribution in [0.3, 0.4) is 0 Å². The molecule has 0 saturated carbocycles. The average Bonchev–Trinajstić information content (AvgIpc) is 2.61. The number of benzene rings is 2. The molecule has 2 rings (SSSR count). The van der Waals surface area contributed by atoms with Gasteiger partial charge >= 0.3 is 0 Å². The van der Waals surface area contributed by atoms with Crippen LogP contribution >= 0.6 is 11.6 Å². The van der Waals surface area contributed by atoms with Crippen LogP contribution in [0.5, 0.6) is 0 Å². The first-order valence-electron chi connectivity index (χ1n) is 8.36. The molecule has 25 heavy (non-hydrogen) atoms. The van der Waals surface area contributed by atoms with Crippen molar-refractivity contribution >= 4 is 17.5 Å². The monoisotopic (exact) mass is 360 g/mol. The molecule has 0 radical (unpaired) electrons. The zero-order valence-corrected chi connectivity index (χ0v) is 15.4. The van der Waals surface area contributed by atoms with Crippen molar-refractivity contribution in [3.63, 3.8) is 0 Å². The summed E-state index contributed by atoms with van der Waals surface area (Å²) in [5.41, 5.74) is 1.92. The Bertz CT molecular complexity index is 676. The summed E-state index contributed by atoms with van der Waals surface area (Å²) in [6.45, 7) is 0.390. The molecule has 2 unspecified atom stereocenters. The lowest BCUT2D eigenvalue weighted by Gasteiger charge is -2.25. The summed E-state index contributed by atoms with van der Waals surface area (Å²) < 4.78 is 0. The second-order valence-corrected chi connectivity index (χ2v) is 6.77. The van der Waals surface area contributed by atoms with Crippen LogP contribution in [0.1, 0.15) is 17.2 Å². The van der Waals surface area contributed by atoms with E-state index in [-0.39, 0.29) is 24.5 Å². The molecule has 5 heteroatoms. The maximum atomic E-state index is 12.7. The van der Waals surface area contributed by atoms with E-state index in [1.54, 1.807) is 0 Å². The highest BCUT2D eigenvalue weighted by molar-refractivity contribution is 6.31. The highest BCUT2D eigenvalue weighted by atomic mass is 35.5. The summed E-state index contributed by atoms with van der Waals surface area (Å²) >= 11 is 6.18. The standard InChI is InChI=1S/C20H25ClN2O2/c1-23(2)19(16-8-4-3-5-9-16)20(25)22-13-15(14-24)12-17-10-6-7-11-18(17)21/h3-11,15,19,24H,12-14H2,1-2H3,(H,22,25). The molecule has 134 valence electrons. The molecule has 2 N–H and O–H groups in total. The molecular weight excluding hydrogens is 336 g/mol. The molecule has 0 aliphatic heterocycles. The number of aliphatic hydroxyl groups is 1. The van der Waals surface area contributed by atoms with Crippen LogP contribution in [0.25, 0.3) is 0 Å². The zero-order chi connectivity index (χ0) is 18.2. The van der Waals surface area contributed by atoms with Gasteiger partial charge < -0.3 is 10.4 Å². The molecule has 2 atom stereocenters. The Morgan fingerprint density at radius 1 is 1.12 bits per heavy atom. The second kappa shape index (κ2) is 9.56. The summed E-state index contributed by atoms with van der Waals surface area (Å²) in [4.78, 5) is 14.5. The minimum atomic E-state index is -0.360.